The maximum Gasteiger partial charge on any atom is 0.320 e. The number of carbonyl (C=O) groups excluding carboxylic acids is 2. The van der Waals surface area contributed by atoms with Crippen molar-refractivity contribution in [1.82, 2.24) is 9.55 Å². The Bertz CT molecular complexity index is 951. The zero-order valence-corrected chi connectivity index (χ0v) is 17.6. The predicted octanol–water partition coefficient (Wildman–Crippen LogP) is 3.50. The molecule has 0 saturated heterocycles. The molecule has 2 aromatic rings. The molecule has 4 rings (SSSR count). The van der Waals surface area contributed by atoms with Gasteiger partial charge in [-0.2, -0.15) is 0 Å². The molecule has 0 unspecified atom stereocenters. The van der Waals surface area contributed by atoms with Crippen molar-refractivity contribution < 1.29 is 19.1 Å². The molecule has 30 heavy (non-hydrogen) atoms. The van der Waals surface area contributed by atoms with Crippen LogP contribution in [0, 0.1) is 11.8 Å². The highest BCUT2D eigenvalue weighted by Gasteiger charge is 2.49. The van der Waals surface area contributed by atoms with E-state index < -0.39 is 11.9 Å². The molecule has 0 fully saturated rings. The SMILES string of the molecule is CCOC(=O)[C@@H]1C(=O)N(CCCOC)c2nc3ccccc3n2[C@@H]1[C@H]1CC=CCC1. The second-order valence-corrected chi connectivity index (χ2v) is 7.87. The molecular formula is C23H29N3O4. The molecule has 1 aromatic carbocycles. The molecule has 1 aromatic heterocycles. The highest BCUT2D eigenvalue weighted by atomic mass is 16.5. The van der Waals surface area contributed by atoms with Crippen LogP contribution in [0.15, 0.2) is 36.4 Å². The van der Waals surface area contributed by atoms with Crippen molar-refractivity contribution >= 4 is 28.9 Å². The number of anilines is 1. The van der Waals surface area contributed by atoms with Crippen molar-refractivity contribution in [1.29, 1.82) is 0 Å². The number of nitrogens with zero attached hydrogens (tertiary/aromatic N) is 3. The number of imidazole rings is 1. The van der Waals surface area contributed by atoms with Crippen molar-refractivity contribution in [2.45, 2.75) is 38.6 Å². The van der Waals surface area contributed by atoms with E-state index in [1.165, 1.54) is 0 Å². The van der Waals surface area contributed by atoms with E-state index in [2.05, 4.69) is 16.7 Å². The normalized spacial score (nSPS) is 23.6. The fourth-order valence-electron chi connectivity index (χ4n) is 4.74. The van der Waals surface area contributed by atoms with E-state index in [9.17, 15) is 9.59 Å². The van der Waals surface area contributed by atoms with Gasteiger partial charge in [-0.15, -0.1) is 0 Å². The van der Waals surface area contributed by atoms with Crippen LogP contribution in [0.3, 0.4) is 0 Å². The lowest BCUT2D eigenvalue weighted by atomic mass is 9.79. The van der Waals surface area contributed by atoms with Gasteiger partial charge in [0.1, 0.15) is 0 Å². The number of hydrogen-bond donors (Lipinski definition) is 0. The van der Waals surface area contributed by atoms with Gasteiger partial charge in [0, 0.05) is 20.3 Å². The zero-order chi connectivity index (χ0) is 21.1. The lowest BCUT2D eigenvalue weighted by Crippen LogP contribution is -2.52. The van der Waals surface area contributed by atoms with Crippen LogP contribution >= 0.6 is 0 Å². The maximum atomic E-state index is 13.6. The third-order valence-corrected chi connectivity index (χ3v) is 6.05. The van der Waals surface area contributed by atoms with Gasteiger partial charge < -0.3 is 14.0 Å². The van der Waals surface area contributed by atoms with E-state index >= 15 is 0 Å². The van der Waals surface area contributed by atoms with Crippen molar-refractivity contribution in [3.8, 4) is 0 Å². The summed E-state index contributed by atoms with van der Waals surface area (Å²) in [6.07, 6.45) is 7.71. The first kappa shape index (κ1) is 20.6. The number of carbonyl (C=O) groups is 2. The summed E-state index contributed by atoms with van der Waals surface area (Å²) in [5, 5.41) is 0. The van der Waals surface area contributed by atoms with Gasteiger partial charge >= 0.3 is 5.97 Å². The van der Waals surface area contributed by atoms with E-state index in [4.69, 9.17) is 14.5 Å². The standard InChI is InChI=1S/C23H29N3O4/c1-3-30-22(28)19-20(16-10-5-4-6-11-16)26-18-13-8-7-12-17(18)24-23(26)25(21(19)27)14-9-15-29-2/h4-5,7-8,12-13,16,19-20H,3,6,9-11,14-15H2,1-2H3/t16-,19-,20+/m0/s1. The van der Waals surface area contributed by atoms with Crippen LogP contribution in [0.1, 0.15) is 38.6 Å². The Morgan fingerprint density at radius 1 is 1.27 bits per heavy atom. The second-order valence-electron chi connectivity index (χ2n) is 7.87. The average molecular weight is 412 g/mol. The first-order valence-electron chi connectivity index (χ1n) is 10.8. The number of amides is 1. The Kier molecular flexibility index (Phi) is 6.18. The van der Waals surface area contributed by atoms with Gasteiger partial charge in [0.2, 0.25) is 11.9 Å². The van der Waals surface area contributed by atoms with Gasteiger partial charge in [0.05, 0.1) is 23.7 Å². The number of fused-ring (bicyclic) bond motifs is 3. The molecule has 1 aliphatic heterocycles. The topological polar surface area (TPSA) is 73.7 Å². The number of benzene rings is 1. The van der Waals surface area contributed by atoms with E-state index in [0.717, 1.165) is 30.3 Å². The summed E-state index contributed by atoms with van der Waals surface area (Å²) in [5.41, 5.74) is 1.78. The minimum absolute atomic E-state index is 0.172. The Labute approximate surface area is 176 Å². The highest BCUT2D eigenvalue weighted by Crippen LogP contribution is 2.44. The molecule has 2 aliphatic rings. The van der Waals surface area contributed by atoms with Crippen LogP contribution in [0.2, 0.25) is 0 Å². The van der Waals surface area contributed by atoms with E-state index in [0.29, 0.717) is 25.5 Å². The summed E-state index contributed by atoms with van der Waals surface area (Å²) >= 11 is 0. The first-order chi connectivity index (χ1) is 14.7. The number of hydrogen-bond acceptors (Lipinski definition) is 5. The van der Waals surface area contributed by atoms with Crippen molar-refractivity contribution in [2.75, 3.05) is 31.8 Å². The Morgan fingerprint density at radius 3 is 2.83 bits per heavy atom. The number of allylic oxidation sites excluding steroid dienone is 2. The second kappa shape index (κ2) is 9.00. The van der Waals surface area contributed by atoms with Gasteiger partial charge in [0.15, 0.2) is 5.92 Å². The van der Waals surface area contributed by atoms with Crippen LogP contribution in [-0.2, 0) is 19.1 Å². The van der Waals surface area contributed by atoms with Crippen LogP contribution in [0.25, 0.3) is 11.0 Å². The average Bonchev–Trinajstić information content (AvgIpc) is 3.14. The summed E-state index contributed by atoms with van der Waals surface area (Å²) in [7, 11) is 1.64. The lowest BCUT2D eigenvalue weighted by molar-refractivity contribution is -0.155. The molecule has 3 atom stereocenters. The van der Waals surface area contributed by atoms with Crippen LogP contribution in [0.4, 0.5) is 5.95 Å². The summed E-state index contributed by atoms with van der Waals surface area (Å²) in [6.45, 7) is 3.01. The molecule has 0 N–H and O–H groups in total. The van der Waals surface area contributed by atoms with Gasteiger partial charge in [0.25, 0.3) is 0 Å². The Morgan fingerprint density at radius 2 is 2.10 bits per heavy atom. The zero-order valence-electron chi connectivity index (χ0n) is 17.6. The molecule has 7 nitrogen and oxygen atoms in total. The number of aromatic nitrogens is 2. The monoisotopic (exact) mass is 411 g/mol. The fourth-order valence-corrected chi connectivity index (χ4v) is 4.74. The third kappa shape index (κ3) is 3.62. The van der Waals surface area contributed by atoms with Crippen LogP contribution in [0.5, 0.6) is 0 Å². The Balaban J connectivity index is 1.86. The van der Waals surface area contributed by atoms with E-state index in [-0.39, 0.29) is 24.5 Å². The summed E-state index contributed by atoms with van der Waals surface area (Å²) in [5.74, 6) is -0.730. The van der Waals surface area contributed by atoms with E-state index in [1.807, 2.05) is 24.3 Å². The molecule has 0 spiro atoms. The number of methoxy groups -OCH3 is 1. The summed E-state index contributed by atoms with van der Waals surface area (Å²) in [6, 6.07) is 7.58. The van der Waals surface area contributed by atoms with Crippen LogP contribution in [-0.4, -0.2) is 48.3 Å². The molecule has 7 heteroatoms. The Hall–Kier alpha value is -2.67. The molecule has 0 saturated carbocycles. The lowest BCUT2D eigenvalue weighted by Gasteiger charge is -2.41. The van der Waals surface area contributed by atoms with Crippen LogP contribution < -0.4 is 4.90 Å². The summed E-state index contributed by atoms with van der Waals surface area (Å²) in [4.78, 5) is 33.2. The number of rotatable bonds is 7. The quantitative estimate of drug-likeness (QED) is 0.302. The maximum absolute atomic E-state index is 13.6. The minimum atomic E-state index is -0.867. The molecule has 160 valence electrons. The first-order valence-corrected chi connectivity index (χ1v) is 10.8. The molecular weight excluding hydrogens is 382 g/mol. The predicted molar refractivity (Wildman–Crippen MR) is 114 cm³/mol. The van der Waals surface area contributed by atoms with Gasteiger partial charge in [-0.1, -0.05) is 24.3 Å². The summed E-state index contributed by atoms with van der Waals surface area (Å²) < 4.78 is 12.7. The minimum Gasteiger partial charge on any atom is -0.465 e. The fraction of sp³-hybridized carbons (Fsp3) is 0.522. The van der Waals surface area contributed by atoms with Crippen molar-refractivity contribution in [3.05, 3.63) is 36.4 Å². The highest BCUT2D eigenvalue weighted by molar-refractivity contribution is 6.08. The number of ether oxygens (including phenoxy) is 2. The molecule has 1 amide bonds. The van der Waals surface area contributed by atoms with Gasteiger partial charge in [-0.05, 0) is 50.7 Å². The van der Waals surface area contributed by atoms with Crippen molar-refractivity contribution in [3.63, 3.8) is 0 Å². The van der Waals surface area contributed by atoms with Crippen molar-refractivity contribution in [2.24, 2.45) is 11.8 Å². The largest absolute Gasteiger partial charge is 0.465 e. The molecule has 0 radical (unpaired) electrons. The van der Waals surface area contributed by atoms with Gasteiger partial charge in [-0.3, -0.25) is 14.5 Å². The molecule has 2 heterocycles. The third-order valence-electron chi connectivity index (χ3n) is 6.05. The smallest absolute Gasteiger partial charge is 0.320 e. The molecule has 1 aliphatic carbocycles. The number of esters is 1. The number of para-hydroxylation sites is 2. The van der Waals surface area contributed by atoms with Gasteiger partial charge in [-0.25, -0.2) is 4.98 Å². The van der Waals surface area contributed by atoms with E-state index in [1.54, 1.807) is 18.9 Å². The molecule has 0 bridgehead atoms.